The van der Waals surface area contributed by atoms with Crippen LogP contribution in [0.1, 0.15) is 39.2 Å². The molecular formula is C24H32N4O2S3. The minimum atomic E-state index is -3.58. The van der Waals surface area contributed by atoms with Crippen molar-refractivity contribution in [2.45, 2.75) is 61.2 Å². The van der Waals surface area contributed by atoms with E-state index in [4.69, 9.17) is 9.98 Å². The summed E-state index contributed by atoms with van der Waals surface area (Å²) < 4.78 is 29.0. The largest absolute Gasteiger partial charge is 0.262 e. The van der Waals surface area contributed by atoms with Crippen LogP contribution >= 0.6 is 23.5 Å². The molecule has 0 bridgehead atoms. The number of fused-ring (bicyclic) bond motifs is 1. The molecule has 2 aliphatic heterocycles. The van der Waals surface area contributed by atoms with Crippen LogP contribution in [-0.2, 0) is 16.4 Å². The Labute approximate surface area is 205 Å². The van der Waals surface area contributed by atoms with E-state index in [1.807, 2.05) is 48.6 Å². The summed E-state index contributed by atoms with van der Waals surface area (Å²) in [5, 5.41) is 1.65. The molecule has 1 aromatic carbocycles. The number of pyridine rings is 1. The number of aromatic nitrogens is 1. The Morgan fingerprint density at radius 3 is 2.39 bits per heavy atom. The molecule has 0 N–H and O–H groups in total. The van der Waals surface area contributed by atoms with Gasteiger partial charge in [-0.05, 0) is 61.0 Å². The van der Waals surface area contributed by atoms with Crippen LogP contribution in [0, 0.1) is 5.92 Å². The number of benzene rings is 1. The first-order chi connectivity index (χ1) is 15.7. The van der Waals surface area contributed by atoms with Crippen molar-refractivity contribution in [3.63, 3.8) is 0 Å². The molecule has 9 heteroatoms. The van der Waals surface area contributed by atoms with Gasteiger partial charge in [0, 0.05) is 25.7 Å². The van der Waals surface area contributed by atoms with Crippen molar-refractivity contribution in [1.82, 2.24) is 9.29 Å². The van der Waals surface area contributed by atoms with Crippen molar-refractivity contribution in [3.8, 4) is 0 Å². The van der Waals surface area contributed by atoms with Gasteiger partial charge in [0.1, 0.15) is 5.36 Å². The van der Waals surface area contributed by atoms with Crippen LogP contribution in [-0.4, -0.2) is 52.5 Å². The van der Waals surface area contributed by atoms with Crippen LogP contribution in [0.4, 0.5) is 0 Å². The molecule has 6 nitrogen and oxygen atoms in total. The summed E-state index contributed by atoms with van der Waals surface area (Å²) in [6.45, 7) is 6.31. The van der Waals surface area contributed by atoms with Crippen molar-refractivity contribution >= 4 is 33.5 Å². The van der Waals surface area contributed by atoms with Gasteiger partial charge in [-0.3, -0.25) is 15.0 Å². The Morgan fingerprint density at radius 1 is 1.09 bits per heavy atom. The predicted octanol–water partition coefficient (Wildman–Crippen LogP) is 3.52. The van der Waals surface area contributed by atoms with E-state index in [-0.39, 0.29) is 10.6 Å². The normalized spacial score (nSPS) is 22.1. The summed E-state index contributed by atoms with van der Waals surface area (Å²) in [6, 6.07) is 9.07. The van der Waals surface area contributed by atoms with Gasteiger partial charge in [0.2, 0.25) is 10.0 Å². The summed E-state index contributed by atoms with van der Waals surface area (Å²) in [6.07, 6.45) is 6.10. The van der Waals surface area contributed by atoms with Crippen LogP contribution in [0.5, 0.6) is 0 Å². The molecule has 0 saturated carbocycles. The number of nitrogens with zero attached hydrogens (tertiary/aromatic N) is 4. The predicted molar refractivity (Wildman–Crippen MR) is 137 cm³/mol. The number of sulfonamides is 1. The average Bonchev–Trinajstić information content (AvgIpc) is 3.13. The smallest absolute Gasteiger partial charge is 0.243 e. The molecule has 1 saturated heterocycles. The van der Waals surface area contributed by atoms with Crippen LogP contribution < -0.4 is 10.7 Å². The van der Waals surface area contributed by atoms with Crippen molar-refractivity contribution in [1.29, 1.82) is 0 Å². The zero-order valence-corrected chi connectivity index (χ0v) is 22.1. The molecule has 2 unspecified atom stereocenters. The molecule has 3 heterocycles. The van der Waals surface area contributed by atoms with Gasteiger partial charge in [0.05, 0.1) is 21.0 Å². The lowest BCUT2D eigenvalue weighted by Crippen LogP contribution is -2.44. The molecule has 0 radical (unpaired) electrons. The Balaban J connectivity index is 1.52. The number of thioether (sulfide) groups is 2. The van der Waals surface area contributed by atoms with Crippen LogP contribution in [0.2, 0.25) is 0 Å². The Bertz CT molecular complexity index is 1160. The molecule has 0 spiro atoms. The van der Waals surface area contributed by atoms with Crippen molar-refractivity contribution in [3.05, 3.63) is 59.0 Å². The van der Waals surface area contributed by atoms with Gasteiger partial charge in [-0.2, -0.15) is 4.31 Å². The first kappa shape index (κ1) is 24.7. The van der Waals surface area contributed by atoms with Gasteiger partial charge in [-0.25, -0.2) is 8.42 Å². The third-order valence-corrected chi connectivity index (χ3v) is 11.0. The third kappa shape index (κ3) is 5.63. The van der Waals surface area contributed by atoms with Crippen molar-refractivity contribution < 1.29 is 8.42 Å². The SMILES string of the molecule is CC(C)CC(C1SCCCS1)N(C)S(=O)(=O)c1ccc(CC2(C)N=c3ccncc3=N2)cc1. The summed E-state index contributed by atoms with van der Waals surface area (Å²) in [5.41, 5.74) is 0.407. The topological polar surface area (TPSA) is 75.0 Å². The summed E-state index contributed by atoms with van der Waals surface area (Å²) in [5.74, 6) is 2.63. The van der Waals surface area contributed by atoms with Crippen LogP contribution in [0.3, 0.4) is 0 Å². The quantitative estimate of drug-likeness (QED) is 0.550. The number of hydrogen-bond acceptors (Lipinski definition) is 7. The zero-order valence-electron chi connectivity index (χ0n) is 19.6. The minimum Gasteiger partial charge on any atom is -0.262 e. The highest BCUT2D eigenvalue weighted by Crippen LogP contribution is 2.38. The van der Waals surface area contributed by atoms with E-state index in [2.05, 4.69) is 18.8 Å². The highest BCUT2D eigenvalue weighted by atomic mass is 32.2. The Morgan fingerprint density at radius 2 is 1.76 bits per heavy atom. The summed E-state index contributed by atoms with van der Waals surface area (Å²) in [7, 11) is -1.84. The molecule has 33 heavy (non-hydrogen) atoms. The maximum absolute atomic E-state index is 13.5. The van der Waals surface area contributed by atoms with Gasteiger partial charge in [-0.1, -0.05) is 26.0 Å². The fraction of sp³-hybridized carbons (Fsp3) is 0.542. The highest BCUT2D eigenvalue weighted by Gasteiger charge is 2.35. The van der Waals surface area contributed by atoms with Gasteiger partial charge in [0.15, 0.2) is 5.66 Å². The molecule has 2 aliphatic rings. The molecule has 0 aliphatic carbocycles. The number of rotatable bonds is 8. The summed E-state index contributed by atoms with van der Waals surface area (Å²) in [4.78, 5) is 13.9. The lowest BCUT2D eigenvalue weighted by molar-refractivity contribution is 0.334. The number of hydrogen-bond donors (Lipinski definition) is 0. The zero-order chi connectivity index (χ0) is 23.6. The average molecular weight is 505 g/mol. The van der Waals surface area contributed by atoms with E-state index in [1.54, 1.807) is 35.9 Å². The van der Waals surface area contributed by atoms with Gasteiger partial charge < -0.3 is 0 Å². The molecule has 1 fully saturated rings. The first-order valence-electron chi connectivity index (χ1n) is 11.4. The standard InChI is InChI=1S/C24H32N4O2S3/c1-17(2)14-22(23-31-12-5-13-32-23)28(4)33(29,30)19-8-6-18(7-9-19)15-24(3)26-20-10-11-25-16-21(20)27-24/h6-11,16-17,22-23H,5,12-15H2,1-4H3. The fourth-order valence-electron chi connectivity index (χ4n) is 4.34. The van der Waals surface area contributed by atoms with Crippen molar-refractivity contribution in [2.75, 3.05) is 18.6 Å². The molecule has 2 atom stereocenters. The van der Waals surface area contributed by atoms with Gasteiger partial charge in [0.25, 0.3) is 0 Å². The molecule has 2 aromatic rings. The lowest BCUT2D eigenvalue weighted by Gasteiger charge is -2.36. The molecule has 178 valence electrons. The Hall–Kier alpha value is -1.42. The second-order valence-electron chi connectivity index (χ2n) is 9.31. The second kappa shape index (κ2) is 10.1. The van der Waals surface area contributed by atoms with Gasteiger partial charge >= 0.3 is 0 Å². The van der Waals surface area contributed by atoms with E-state index in [0.717, 1.165) is 34.2 Å². The lowest BCUT2D eigenvalue weighted by atomic mass is 10.0. The monoisotopic (exact) mass is 504 g/mol. The third-order valence-electron chi connectivity index (χ3n) is 5.99. The van der Waals surface area contributed by atoms with Crippen LogP contribution in [0.15, 0.2) is 57.6 Å². The highest BCUT2D eigenvalue weighted by molar-refractivity contribution is 8.17. The maximum atomic E-state index is 13.5. The maximum Gasteiger partial charge on any atom is 0.243 e. The van der Waals surface area contributed by atoms with Crippen molar-refractivity contribution in [2.24, 2.45) is 15.9 Å². The van der Waals surface area contributed by atoms with E-state index >= 15 is 0 Å². The first-order valence-corrected chi connectivity index (χ1v) is 14.9. The minimum absolute atomic E-state index is 0.0212. The van der Waals surface area contributed by atoms with E-state index in [0.29, 0.717) is 17.2 Å². The summed E-state index contributed by atoms with van der Waals surface area (Å²) >= 11 is 3.80. The Kier molecular flexibility index (Phi) is 7.53. The fourth-order valence-corrected chi connectivity index (χ4v) is 9.13. The molecule has 4 rings (SSSR count). The molecule has 0 amide bonds. The van der Waals surface area contributed by atoms with Crippen LogP contribution in [0.25, 0.3) is 0 Å². The van der Waals surface area contributed by atoms with E-state index in [1.165, 1.54) is 6.42 Å². The molecule has 1 aromatic heterocycles. The molecular weight excluding hydrogens is 472 g/mol. The second-order valence-corrected chi connectivity index (χ2v) is 14.1. The van der Waals surface area contributed by atoms with E-state index in [9.17, 15) is 8.42 Å². The van der Waals surface area contributed by atoms with Gasteiger partial charge in [-0.15, -0.1) is 23.5 Å². The van der Waals surface area contributed by atoms with E-state index < -0.39 is 15.7 Å².